The number of carbonyl (C=O) groups is 1. The van der Waals surface area contributed by atoms with E-state index in [1.165, 1.54) is 70.6 Å². The van der Waals surface area contributed by atoms with Gasteiger partial charge in [0.1, 0.15) is 6.10 Å². The zero-order valence-corrected chi connectivity index (χ0v) is 26.7. The van der Waals surface area contributed by atoms with Crippen LogP contribution in [0, 0.1) is 0 Å². The van der Waals surface area contributed by atoms with E-state index in [-0.39, 0.29) is 6.61 Å². The fourth-order valence-electron chi connectivity index (χ4n) is 4.61. The Labute approximate surface area is 253 Å². The molecule has 0 aliphatic carbocycles. The Morgan fingerprint density at radius 1 is 0.585 bits per heavy atom. The molecule has 0 radical (unpaired) electrons. The van der Waals surface area contributed by atoms with Gasteiger partial charge in [0.2, 0.25) is 5.91 Å². The Morgan fingerprint density at radius 3 is 1.56 bits per heavy atom. The maximum Gasteiger partial charge on any atom is 0.249 e. The van der Waals surface area contributed by atoms with Gasteiger partial charge in [-0.2, -0.15) is 0 Å². The molecule has 1 amide bonds. The van der Waals surface area contributed by atoms with Gasteiger partial charge < -0.3 is 20.6 Å². The van der Waals surface area contributed by atoms with Crippen LogP contribution >= 0.6 is 0 Å². The summed E-state index contributed by atoms with van der Waals surface area (Å²) in [6.45, 7) is 4.07. The zero-order valence-electron chi connectivity index (χ0n) is 26.7. The highest BCUT2D eigenvalue weighted by molar-refractivity contribution is 5.80. The highest BCUT2D eigenvalue weighted by Crippen LogP contribution is 2.11. The van der Waals surface area contributed by atoms with Gasteiger partial charge in [0.15, 0.2) is 0 Å². The molecule has 0 heterocycles. The smallest absolute Gasteiger partial charge is 0.249 e. The van der Waals surface area contributed by atoms with Crippen LogP contribution in [0.5, 0.6) is 0 Å². The van der Waals surface area contributed by atoms with Crippen LogP contribution in [-0.4, -0.2) is 46.1 Å². The number of aliphatic hydroxyl groups excluding tert-OH is 3. The minimum atomic E-state index is -1.12. The lowest BCUT2D eigenvalue weighted by atomic mass is 10.1. The molecule has 0 aromatic rings. The van der Waals surface area contributed by atoms with Crippen LogP contribution < -0.4 is 5.32 Å². The summed E-state index contributed by atoms with van der Waals surface area (Å²) in [5.74, 6) is -0.531. The third kappa shape index (κ3) is 26.9. The van der Waals surface area contributed by atoms with E-state index in [2.05, 4.69) is 55.6 Å². The average Bonchev–Trinajstić information content (AvgIpc) is 2.98. The van der Waals surface area contributed by atoms with Gasteiger partial charge in [0, 0.05) is 0 Å². The Bertz CT molecular complexity index is 685. The van der Waals surface area contributed by atoms with Gasteiger partial charge in [-0.15, -0.1) is 0 Å². The summed E-state index contributed by atoms with van der Waals surface area (Å²) in [4.78, 5) is 12.3. The number of carbonyl (C=O) groups excluding carboxylic acids is 1. The normalized spacial score (nSPS) is 14.6. The van der Waals surface area contributed by atoms with Gasteiger partial charge in [0.25, 0.3) is 0 Å². The lowest BCUT2D eigenvalue weighted by Crippen LogP contribution is -2.48. The van der Waals surface area contributed by atoms with E-state index in [9.17, 15) is 20.1 Å². The quantitative estimate of drug-likeness (QED) is 0.0531. The molecule has 0 aliphatic rings. The number of allylic oxidation sites excluding steroid dienone is 7. The third-order valence-corrected chi connectivity index (χ3v) is 7.37. The first-order valence-electron chi connectivity index (χ1n) is 17.0. The molecule has 4 N–H and O–H groups in total. The second-order valence-corrected chi connectivity index (χ2v) is 11.3. The molecular formula is C36H65NO4. The van der Waals surface area contributed by atoms with E-state index in [0.717, 1.165) is 57.8 Å². The molecule has 0 aromatic heterocycles. The molecule has 3 atom stereocenters. The number of hydrogen-bond donors (Lipinski definition) is 4. The third-order valence-electron chi connectivity index (χ3n) is 7.37. The van der Waals surface area contributed by atoms with Crippen LogP contribution in [0.3, 0.4) is 0 Å². The summed E-state index contributed by atoms with van der Waals surface area (Å²) in [6, 6.07) is -0.823. The maximum absolute atomic E-state index is 12.3. The minimum Gasteiger partial charge on any atom is -0.394 e. The lowest BCUT2D eigenvalue weighted by Gasteiger charge is -2.21. The van der Waals surface area contributed by atoms with Gasteiger partial charge in [-0.25, -0.2) is 0 Å². The summed E-state index contributed by atoms with van der Waals surface area (Å²) in [5, 5.41) is 32.8. The van der Waals surface area contributed by atoms with Crippen LogP contribution in [0.1, 0.15) is 149 Å². The predicted octanol–water partition coefficient (Wildman–Crippen LogP) is 8.64. The Hall–Kier alpha value is -1.69. The van der Waals surface area contributed by atoms with Gasteiger partial charge in [-0.3, -0.25) is 4.79 Å². The molecule has 5 heteroatoms. The van der Waals surface area contributed by atoms with Crippen LogP contribution in [0.4, 0.5) is 0 Å². The lowest BCUT2D eigenvalue weighted by molar-refractivity contribution is -0.131. The van der Waals surface area contributed by atoms with Gasteiger partial charge >= 0.3 is 0 Å². The van der Waals surface area contributed by atoms with Crippen molar-refractivity contribution in [2.75, 3.05) is 6.61 Å². The van der Waals surface area contributed by atoms with Gasteiger partial charge in [-0.05, 0) is 64.2 Å². The molecule has 0 bridgehead atoms. The monoisotopic (exact) mass is 575 g/mol. The topological polar surface area (TPSA) is 89.8 Å². The van der Waals surface area contributed by atoms with Gasteiger partial charge in [-0.1, -0.05) is 133 Å². The van der Waals surface area contributed by atoms with Crippen LogP contribution in [-0.2, 0) is 4.79 Å². The molecule has 0 rings (SSSR count). The van der Waals surface area contributed by atoms with Crippen molar-refractivity contribution in [1.82, 2.24) is 5.32 Å². The van der Waals surface area contributed by atoms with Crippen molar-refractivity contribution in [3.8, 4) is 0 Å². The van der Waals surface area contributed by atoms with Crippen molar-refractivity contribution in [3.63, 3.8) is 0 Å². The molecule has 3 unspecified atom stereocenters. The van der Waals surface area contributed by atoms with E-state index in [1.807, 2.05) is 6.08 Å². The first-order valence-corrected chi connectivity index (χ1v) is 17.0. The van der Waals surface area contributed by atoms with E-state index >= 15 is 0 Å². The largest absolute Gasteiger partial charge is 0.394 e. The molecule has 41 heavy (non-hydrogen) atoms. The van der Waals surface area contributed by atoms with E-state index < -0.39 is 24.2 Å². The molecule has 0 spiro atoms. The van der Waals surface area contributed by atoms with Gasteiger partial charge in [0.05, 0.1) is 18.8 Å². The molecule has 0 saturated heterocycles. The molecular weight excluding hydrogens is 510 g/mol. The Balaban J connectivity index is 3.88. The summed E-state index contributed by atoms with van der Waals surface area (Å²) >= 11 is 0. The van der Waals surface area contributed by atoms with Crippen molar-refractivity contribution in [1.29, 1.82) is 0 Å². The number of aliphatic hydroxyl groups is 3. The standard InChI is InChI=1S/C36H65NO4/c1-3-5-7-9-11-13-15-17-18-19-21-23-25-27-29-31-35(40)36(41)37-33(32-38)34(39)30-28-26-24-22-20-16-14-12-10-8-6-4-2/h10,12,18-20,22,28,30,33-35,38-40H,3-9,11,13-17,21,23-27,29,31-32H2,1-2H3,(H,37,41)/b12-10+,19-18-,22-20+,30-28+. The van der Waals surface area contributed by atoms with E-state index in [4.69, 9.17) is 0 Å². The molecule has 238 valence electrons. The first kappa shape index (κ1) is 39.3. The molecule has 0 aliphatic heterocycles. The second-order valence-electron chi connectivity index (χ2n) is 11.3. The van der Waals surface area contributed by atoms with Crippen molar-refractivity contribution in [2.24, 2.45) is 0 Å². The van der Waals surface area contributed by atoms with E-state index in [0.29, 0.717) is 6.42 Å². The average molecular weight is 576 g/mol. The fraction of sp³-hybridized carbons (Fsp3) is 0.750. The zero-order chi connectivity index (χ0) is 30.2. The van der Waals surface area contributed by atoms with Crippen molar-refractivity contribution in [3.05, 3.63) is 48.6 Å². The summed E-state index contributed by atoms with van der Waals surface area (Å²) < 4.78 is 0. The number of nitrogens with one attached hydrogen (secondary N) is 1. The van der Waals surface area contributed by atoms with Crippen molar-refractivity contribution >= 4 is 5.91 Å². The Kier molecular flexibility index (Phi) is 30.0. The molecule has 5 nitrogen and oxygen atoms in total. The fourth-order valence-corrected chi connectivity index (χ4v) is 4.61. The van der Waals surface area contributed by atoms with E-state index in [1.54, 1.807) is 6.08 Å². The summed E-state index contributed by atoms with van der Waals surface area (Å²) in [6.07, 6.45) is 38.3. The molecule has 0 fully saturated rings. The van der Waals surface area contributed by atoms with Crippen LogP contribution in [0.15, 0.2) is 48.6 Å². The first-order chi connectivity index (χ1) is 20.1. The van der Waals surface area contributed by atoms with Crippen molar-refractivity contribution < 1.29 is 20.1 Å². The predicted molar refractivity (Wildman–Crippen MR) is 176 cm³/mol. The number of rotatable bonds is 29. The summed E-state index contributed by atoms with van der Waals surface area (Å²) in [5.41, 5.74) is 0. The van der Waals surface area contributed by atoms with Crippen LogP contribution in [0.2, 0.25) is 0 Å². The molecule has 0 saturated carbocycles. The number of hydrogen-bond acceptors (Lipinski definition) is 4. The highest BCUT2D eigenvalue weighted by atomic mass is 16.3. The second kappa shape index (κ2) is 31.3. The number of unbranched alkanes of at least 4 members (excludes halogenated alkanes) is 15. The number of amides is 1. The Morgan fingerprint density at radius 2 is 1.02 bits per heavy atom. The highest BCUT2D eigenvalue weighted by Gasteiger charge is 2.22. The summed E-state index contributed by atoms with van der Waals surface area (Å²) in [7, 11) is 0. The minimum absolute atomic E-state index is 0.387. The SMILES string of the molecule is CCCC/C=C/CC/C=C/CC/C=C/C(O)C(CO)NC(=O)C(O)CCCCCC/C=C\CCCCCCCCC. The maximum atomic E-state index is 12.3. The van der Waals surface area contributed by atoms with Crippen molar-refractivity contribution in [2.45, 2.75) is 167 Å². The van der Waals surface area contributed by atoms with Crippen LogP contribution in [0.25, 0.3) is 0 Å². The molecule has 0 aromatic carbocycles.